The van der Waals surface area contributed by atoms with Gasteiger partial charge in [-0.1, -0.05) is 36.4 Å². The van der Waals surface area contributed by atoms with Gasteiger partial charge < -0.3 is 5.32 Å². The fraction of sp³-hybridized carbons (Fsp3) is 0.222. The smallest absolute Gasteiger partial charge is 0.269 e. The third-order valence-electron chi connectivity index (χ3n) is 4.81. The van der Waals surface area contributed by atoms with Gasteiger partial charge in [0.2, 0.25) is 0 Å². The molecule has 5 heteroatoms. The second kappa shape index (κ2) is 5.63. The number of fused-ring (bicyclic) bond motifs is 3. The molecule has 0 radical (unpaired) electrons. The molecule has 0 saturated heterocycles. The van der Waals surface area contributed by atoms with E-state index in [-0.39, 0.29) is 16.7 Å². The van der Waals surface area contributed by atoms with E-state index in [0.717, 1.165) is 12.0 Å². The molecule has 1 N–H and O–H groups in total. The molecule has 4 rings (SSSR count). The zero-order valence-corrected chi connectivity index (χ0v) is 14.4. The second-order valence-electron chi connectivity index (χ2n) is 6.03. The molecule has 3 atom stereocenters. The summed E-state index contributed by atoms with van der Waals surface area (Å²) in [4.78, 5) is 10.5. The standard InChI is InChI=1S/C18H15IN2O2/c19-16-6-2-5-15-13-3-1-4-14(13)17(20-18(15)16)11-7-9-12(10-8-11)21(22)23/h1-3,5-10,13-14,17,20H,4H2/t13-,14+,17-/m1/s1. The summed E-state index contributed by atoms with van der Waals surface area (Å²) >= 11 is 2.36. The van der Waals surface area contributed by atoms with Gasteiger partial charge >= 0.3 is 0 Å². The molecule has 23 heavy (non-hydrogen) atoms. The predicted octanol–water partition coefficient (Wildman–Crippen LogP) is 5.03. The number of hydrogen-bond donors (Lipinski definition) is 1. The van der Waals surface area contributed by atoms with Gasteiger partial charge in [-0.15, -0.1) is 0 Å². The monoisotopic (exact) mass is 418 g/mol. The molecule has 0 bridgehead atoms. The summed E-state index contributed by atoms with van der Waals surface area (Å²) < 4.78 is 1.21. The highest BCUT2D eigenvalue weighted by atomic mass is 127. The lowest BCUT2D eigenvalue weighted by Gasteiger charge is -2.38. The molecule has 0 saturated carbocycles. The first-order chi connectivity index (χ1) is 11.1. The van der Waals surface area contributed by atoms with Crippen molar-refractivity contribution in [1.82, 2.24) is 0 Å². The van der Waals surface area contributed by atoms with Crippen LogP contribution in [0.3, 0.4) is 0 Å². The summed E-state index contributed by atoms with van der Waals surface area (Å²) in [5.74, 6) is 0.878. The van der Waals surface area contributed by atoms with Crippen molar-refractivity contribution < 1.29 is 4.92 Å². The highest BCUT2D eigenvalue weighted by molar-refractivity contribution is 14.1. The number of nitrogens with zero attached hydrogens (tertiary/aromatic N) is 1. The Labute approximate surface area is 147 Å². The van der Waals surface area contributed by atoms with Gasteiger partial charge in [0.15, 0.2) is 0 Å². The minimum Gasteiger partial charge on any atom is -0.377 e. The van der Waals surface area contributed by atoms with Gasteiger partial charge in [0.1, 0.15) is 0 Å². The molecule has 116 valence electrons. The number of benzene rings is 2. The Bertz CT molecular complexity index is 801. The summed E-state index contributed by atoms with van der Waals surface area (Å²) in [6.45, 7) is 0. The molecule has 4 nitrogen and oxygen atoms in total. The van der Waals surface area contributed by atoms with Gasteiger partial charge in [-0.2, -0.15) is 0 Å². The van der Waals surface area contributed by atoms with Gasteiger partial charge in [-0.05, 0) is 52.1 Å². The number of rotatable bonds is 2. The van der Waals surface area contributed by atoms with Crippen molar-refractivity contribution in [3.8, 4) is 0 Å². The lowest BCUT2D eigenvalue weighted by Crippen LogP contribution is -2.29. The van der Waals surface area contributed by atoms with Crippen molar-refractivity contribution in [1.29, 1.82) is 0 Å². The Kier molecular flexibility index (Phi) is 3.60. The SMILES string of the molecule is O=[N+]([O-])c1ccc([C@H]2Nc3c(I)cccc3[C@@H]3C=CC[C@H]23)cc1. The fourth-order valence-corrected chi connectivity index (χ4v) is 4.39. The van der Waals surface area contributed by atoms with Gasteiger partial charge in [-0.25, -0.2) is 0 Å². The van der Waals surface area contributed by atoms with E-state index in [0.29, 0.717) is 11.8 Å². The van der Waals surface area contributed by atoms with Gasteiger partial charge in [0.25, 0.3) is 5.69 Å². The number of anilines is 1. The van der Waals surface area contributed by atoms with Gasteiger partial charge in [0, 0.05) is 21.6 Å². The molecule has 0 unspecified atom stereocenters. The highest BCUT2D eigenvalue weighted by Crippen LogP contribution is 2.50. The molecule has 2 aliphatic rings. The minimum absolute atomic E-state index is 0.139. The topological polar surface area (TPSA) is 55.2 Å². The van der Waals surface area contributed by atoms with E-state index in [2.05, 4.69) is 58.3 Å². The van der Waals surface area contributed by atoms with E-state index in [1.54, 1.807) is 12.1 Å². The maximum Gasteiger partial charge on any atom is 0.269 e. The fourth-order valence-electron chi connectivity index (χ4n) is 3.72. The van der Waals surface area contributed by atoms with Crippen molar-refractivity contribution in [2.75, 3.05) is 5.32 Å². The number of para-hydroxylation sites is 1. The third kappa shape index (κ3) is 2.43. The van der Waals surface area contributed by atoms with Crippen LogP contribution in [0, 0.1) is 19.6 Å². The first kappa shape index (κ1) is 14.7. The van der Waals surface area contributed by atoms with Gasteiger partial charge in [0.05, 0.1) is 16.7 Å². The van der Waals surface area contributed by atoms with Crippen LogP contribution in [-0.2, 0) is 0 Å². The Morgan fingerprint density at radius 1 is 1.17 bits per heavy atom. The van der Waals surface area contributed by atoms with E-state index >= 15 is 0 Å². The van der Waals surface area contributed by atoms with Crippen molar-refractivity contribution in [3.05, 3.63) is 79.4 Å². The Hall–Kier alpha value is -1.89. The lowest BCUT2D eigenvalue weighted by molar-refractivity contribution is -0.384. The molecule has 1 aliphatic heterocycles. The molecule has 2 aromatic rings. The summed E-state index contributed by atoms with van der Waals surface area (Å²) in [7, 11) is 0. The average molecular weight is 418 g/mol. The average Bonchev–Trinajstić information content (AvgIpc) is 3.04. The van der Waals surface area contributed by atoms with Gasteiger partial charge in [-0.3, -0.25) is 10.1 Å². The summed E-state index contributed by atoms with van der Waals surface area (Å²) in [6, 6.07) is 13.6. The zero-order valence-electron chi connectivity index (χ0n) is 12.3. The lowest BCUT2D eigenvalue weighted by atomic mass is 9.77. The largest absolute Gasteiger partial charge is 0.377 e. The molecule has 1 aliphatic carbocycles. The maximum atomic E-state index is 10.9. The van der Waals surface area contributed by atoms with Crippen LogP contribution in [-0.4, -0.2) is 4.92 Å². The Balaban J connectivity index is 1.75. The van der Waals surface area contributed by atoms with E-state index in [1.165, 1.54) is 14.8 Å². The summed E-state index contributed by atoms with van der Waals surface area (Å²) in [5.41, 5.74) is 3.80. The van der Waals surface area contributed by atoms with Crippen LogP contribution < -0.4 is 5.32 Å². The number of halogens is 1. The summed E-state index contributed by atoms with van der Waals surface area (Å²) in [5, 5.41) is 14.5. The molecule has 0 fully saturated rings. The normalized spacial score (nSPS) is 24.7. The first-order valence-corrected chi connectivity index (χ1v) is 8.69. The van der Waals surface area contributed by atoms with Crippen LogP contribution in [0.2, 0.25) is 0 Å². The highest BCUT2D eigenvalue weighted by Gasteiger charge is 2.38. The third-order valence-corrected chi connectivity index (χ3v) is 5.71. The van der Waals surface area contributed by atoms with E-state index < -0.39 is 0 Å². The first-order valence-electron chi connectivity index (χ1n) is 7.61. The quantitative estimate of drug-likeness (QED) is 0.322. The molecule has 0 amide bonds. The number of non-ortho nitro benzene ring substituents is 1. The number of nitro groups is 1. The molecule has 2 aromatic carbocycles. The van der Waals surface area contributed by atoms with Crippen LogP contribution >= 0.6 is 22.6 Å². The van der Waals surface area contributed by atoms with Crippen LogP contribution in [0.25, 0.3) is 0 Å². The van der Waals surface area contributed by atoms with Crippen molar-refractivity contribution in [2.24, 2.45) is 5.92 Å². The molecular formula is C18H15IN2O2. The van der Waals surface area contributed by atoms with Crippen LogP contribution in [0.4, 0.5) is 11.4 Å². The number of nitrogens with one attached hydrogen (secondary N) is 1. The number of hydrogen-bond acceptors (Lipinski definition) is 3. The minimum atomic E-state index is -0.351. The zero-order chi connectivity index (χ0) is 16.0. The summed E-state index contributed by atoms with van der Waals surface area (Å²) in [6.07, 6.45) is 5.59. The number of allylic oxidation sites excluding steroid dienone is 2. The van der Waals surface area contributed by atoms with E-state index in [4.69, 9.17) is 0 Å². The van der Waals surface area contributed by atoms with Crippen LogP contribution in [0.5, 0.6) is 0 Å². The Morgan fingerprint density at radius 2 is 1.96 bits per heavy atom. The number of nitro benzene ring substituents is 1. The molecule has 1 heterocycles. The maximum absolute atomic E-state index is 10.9. The second-order valence-corrected chi connectivity index (χ2v) is 7.19. The van der Waals surface area contributed by atoms with Crippen LogP contribution in [0.1, 0.15) is 29.5 Å². The molecule has 0 aromatic heterocycles. The van der Waals surface area contributed by atoms with Crippen molar-refractivity contribution in [3.63, 3.8) is 0 Å². The molecule has 0 spiro atoms. The molecular weight excluding hydrogens is 403 g/mol. The Morgan fingerprint density at radius 3 is 2.70 bits per heavy atom. The van der Waals surface area contributed by atoms with Crippen molar-refractivity contribution in [2.45, 2.75) is 18.4 Å². The van der Waals surface area contributed by atoms with E-state index in [1.807, 2.05) is 12.1 Å². The van der Waals surface area contributed by atoms with Crippen LogP contribution in [0.15, 0.2) is 54.6 Å². The van der Waals surface area contributed by atoms with Crippen molar-refractivity contribution >= 4 is 34.0 Å². The predicted molar refractivity (Wildman–Crippen MR) is 98.6 cm³/mol. The van der Waals surface area contributed by atoms with E-state index in [9.17, 15) is 10.1 Å².